The van der Waals surface area contributed by atoms with Gasteiger partial charge in [0, 0.05) is 29.3 Å². The molecule has 0 saturated heterocycles. The minimum absolute atomic E-state index is 0.0156. The number of hydrogen-bond donors (Lipinski definition) is 0. The zero-order valence-corrected chi connectivity index (χ0v) is 15.3. The number of aryl methyl sites for hydroxylation is 1. The first-order valence-electron chi connectivity index (χ1n) is 7.85. The quantitative estimate of drug-likeness (QED) is 0.776. The number of alkyl halides is 3. The maximum absolute atomic E-state index is 12.7. The molecule has 1 aromatic heterocycles. The van der Waals surface area contributed by atoms with Crippen LogP contribution in [-0.2, 0) is 6.18 Å². The Morgan fingerprint density at radius 2 is 1.88 bits per heavy atom. The number of rotatable bonds is 3. The van der Waals surface area contributed by atoms with E-state index in [0.29, 0.717) is 17.0 Å². The second-order valence-electron chi connectivity index (χ2n) is 5.81. The maximum atomic E-state index is 12.7. The maximum Gasteiger partial charge on any atom is 0.416 e. The van der Waals surface area contributed by atoms with Gasteiger partial charge in [0.15, 0.2) is 4.80 Å². The molecule has 0 aliphatic carbocycles. The highest BCUT2D eigenvalue weighted by molar-refractivity contribution is 7.09. The van der Waals surface area contributed by atoms with E-state index < -0.39 is 11.7 Å². The lowest BCUT2D eigenvalue weighted by atomic mass is 10.2. The number of benzene rings is 1. The summed E-state index contributed by atoms with van der Waals surface area (Å²) in [4.78, 5) is 19.5. The van der Waals surface area contributed by atoms with E-state index in [2.05, 4.69) is 4.99 Å². The molecular weight excluding hydrogens is 351 g/mol. The lowest BCUT2D eigenvalue weighted by molar-refractivity contribution is -0.137. The average Bonchev–Trinajstić information content (AvgIpc) is 2.87. The smallest absolute Gasteiger partial charge is 0.321 e. The van der Waals surface area contributed by atoms with Gasteiger partial charge in [-0.3, -0.25) is 4.57 Å². The summed E-state index contributed by atoms with van der Waals surface area (Å²) in [5, 5.41) is 0. The van der Waals surface area contributed by atoms with Gasteiger partial charge in [-0.25, -0.2) is 4.79 Å². The van der Waals surface area contributed by atoms with Gasteiger partial charge in [0.25, 0.3) is 0 Å². The largest absolute Gasteiger partial charge is 0.416 e. The van der Waals surface area contributed by atoms with E-state index in [9.17, 15) is 18.0 Å². The van der Waals surface area contributed by atoms with Crippen molar-refractivity contribution >= 4 is 17.4 Å². The zero-order chi connectivity index (χ0) is 18.8. The molecule has 2 aromatic rings. The second-order valence-corrected chi connectivity index (χ2v) is 7.03. The number of halogens is 3. The summed E-state index contributed by atoms with van der Waals surface area (Å²) in [6, 6.07) is 4.44. The van der Waals surface area contributed by atoms with Crippen molar-refractivity contribution in [2.45, 2.75) is 39.9 Å². The molecule has 0 aliphatic rings. The minimum Gasteiger partial charge on any atom is -0.321 e. The molecule has 4 nitrogen and oxygen atoms in total. The molecule has 0 fully saturated rings. The first-order valence-corrected chi connectivity index (χ1v) is 8.67. The highest BCUT2D eigenvalue weighted by Crippen LogP contribution is 2.29. The number of nitrogens with zero attached hydrogens (tertiary/aromatic N) is 3. The van der Waals surface area contributed by atoms with Gasteiger partial charge in [-0.1, -0.05) is 0 Å². The van der Waals surface area contributed by atoms with Crippen molar-refractivity contribution in [3.05, 3.63) is 45.7 Å². The van der Waals surface area contributed by atoms with Crippen LogP contribution in [-0.4, -0.2) is 28.1 Å². The Labute approximate surface area is 148 Å². The van der Waals surface area contributed by atoms with Crippen LogP contribution in [0.3, 0.4) is 0 Å². The number of carbonyl (C=O) groups excluding carboxylic acids is 1. The highest BCUT2D eigenvalue weighted by Gasteiger charge is 2.30. The molecule has 2 rings (SSSR count). The fraction of sp³-hybridized carbons (Fsp3) is 0.412. The molecule has 0 N–H and O–H groups in total. The normalized spacial score (nSPS) is 12.7. The Bertz CT molecular complexity index is 804. The van der Waals surface area contributed by atoms with Crippen LogP contribution in [0.25, 0.3) is 5.69 Å². The molecule has 0 atom stereocenters. The van der Waals surface area contributed by atoms with Gasteiger partial charge >= 0.3 is 12.2 Å². The zero-order valence-electron chi connectivity index (χ0n) is 14.5. The third-order valence-electron chi connectivity index (χ3n) is 3.64. The van der Waals surface area contributed by atoms with Crippen LogP contribution in [0, 0.1) is 6.92 Å². The summed E-state index contributed by atoms with van der Waals surface area (Å²) < 4.78 is 39.8. The fourth-order valence-electron chi connectivity index (χ4n) is 2.40. The SMILES string of the molecule is CCN(C(=O)N=c1sc(C)cn1-c1ccc(C(F)(F)F)cc1)C(C)C. The Hall–Kier alpha value is -2.09. The van der Waals surface area contributed by atoms with Crippen LogP contribution in [0.1, 0.15) is 31.2 Å². The Morgan fingerprint density at radius 3 is 2.36 bits per heavy atom. The summed E-state index contributed by atoms with van der Waals surface area (Å²) in [5.41, 5.74) is -0.188. The van der Waals surface area contributed by atoms with Crippen LogP contribution in [0.2, 0.25) is 0 Å². The van der Waals surface area contributed by atoms with Crippen LogP contribution in [0.4, 0.5) is 18.0 Å². The van der Waals surface area contributed by atoms with Crippen molar-refractivity contribution < 1.29 is 18.0 Å². The molecule has 0 unspecified atom stereocenters. The van der Waals surface area contributed by atoms with Gasteiger partial charge in [0.1, 0.15) is 0 Å². The molecule has 136 valence electrons. The third kappa shape index (κ3) is 4.50. The van der Waals surface area contributed by atoms with Gasteiger partial charge < -0.3 is 4.90 Å². The van der Waals surface area contributed by atoms with E-state index >= 15 is 0 Å². The van der Waals surface area contributed by atoms with E-state index in [1.54, 1.807) is 15.7 Å². The summed E-state index contributed by atoms with van der Waals surface area (Å²) >= 11 is 1.31. The highest BCUT2D eigenvalue weighted by atomic mass is 32.1. The minimum atomic E-state index is -4.38. The van der Waals surface area contributed by atoms with Crippen LogP contribution in [0.5, 0.6) is 0 Å². The Kier molecular flexibility index (Phi) is 5.72. The molecule has 0 saturated carbocycles. The van der Waals surface area contributed by atoms with Crippen LogP contribution in [0.15, 0.2) is 35.5 Å². The molecule has 25 heavy (non-hydrogen) atoms. The standard InChI is InChI=1S/C17H20F3N3OS/c1-5-22(11(2)3)15(24)21-16-23(10-12(4)25-16)14-8-6-13(7-9-14)17(18,19)20/h6-11H,5H2,1-4H3. The summed E-state index contributed by atoms with van der Waals surface area (Å²) in [6.45, 7) is 8.07. The summed E-state index contributed by atoms with van der Waals surface area (Å²) in [5.74, 6) is 0. The van der Waals surface area contributed by atoms with Crippen molar-refractivity contribution in [1.82, 2.24) is 9.47 Å². The first kappa shape index (κ1) is 19.2. The van der Waals surface area contributed by atoms with Crippen molar-refractivity contribution in [3.63, 3.8) is 0 Å². The van der Waals surface area contributed by atoms with Crippen molar-refractivity contribution in [3.8, 4) is 5.69 Å². The van der Waals surface area contributed by atoms with E-state index in [4.69, 9.17) is 0 Å². The number of hydrogen-bond acceptors (Lipinski definition) is 2. The predicted molar refractivity (Wildman–Crippen MR) is 91.9 cm³/mol. The number of aromatic nitrogens is 1. The summed E-state index contributed by atoms with van der Waals surface area (Å²) in [6.07, 6.45) is -2.62. The van der Waals surface area contributed by atoms with E-state index in [1.165, 1.54) is 23.5 Å². The molecule has 1 heterocycles. The van der Waals surface area contributed by atoms with Gasteiger partial charge in [0.2, 0.25) is 0 Å². The lowest BCUT2D eigenvalue weighted by Crippen LogP contribution is -2.35. The molecule has 0 spiro atoms. The molecule has 8 heteroatoms. The Morgan fingerprint density at radius 1 is 1.28 bits per heavy atom. The molecule has 1 aromatic carbocycles. The van der Waals surface area contributed by atoms with Crippen molar-refractivity contribution in [2.24, 2.45) is 4.99 Å². The van der Waals surface area contributed by atoms with Gasteiger partial charge in [-0.05, 0) is 52.0 Å². The van der Waals surface area contributed by atoms with E-state index in [0.717, 1.165) is 17.0 Å². The summed E-state index contributed by atoms with van der Waals surface area (Å²) in [7, 11) is 0. The Balaban J connectivity index is 2.45. The number of carbonyl (C=O) groups is 1. The number of urea groups is 1. The van der Waals surface area contributed by atoms with Crippen LogP contribution < -0.4 is 4.80 Å². The van der Waals surface area contributed by atoms with E-state index in [1.807, 2.05) is 27.7 Å². The molecule has 2 amide bonds. The fourth-order valence-corrected chi connectivity index (χ4v) is 3.22. The van der Waals surface area contributed by atoms with Gasteiger partial charge in [-0.2, -0.15) is 18.2 Å². The number of amides is 2. The molecule has 0 bridgehead atoms. The molecule has 0 aliphatic heterocycles. The molecular formula is C17H20F3N3OS. The van der Waals surface area contributed by atoms with Gasteiger partial charge in [-0.15, -0.1) is 11.3 Å². The first-order chi connectivity index (χ1) is 11.6. The monoisotopic (exact) mass is 371 g/mol. The predicted octanol–water partition coefficient (Wildman–Crippen LogP) is 4.62. The van der Waals surface area contributed by atoms with Crippen LogP contribution >= 0.6 is 11.3 Å². The number of thiazole rings is 1. The van der Waals surface area contributed by atoms with Gasteiger partial charge in [0.05, 0.1) is 5.56 Å². The third-order valence-corrected chi connectivity index (χ3v) is 4.54. The second kappa shape index (κ2) is 7.43. The average molecular weight is 371 g/mol. The van der Waals surface area contributed by atoms with Crippen molar-refractivity contribution in [2.75, 3.05) is 6.54 Å². The van der Waals surface area contributed by atoms with Crippen molar-refractivity contribution in [1.29, 1.82) is 0 Å². The topological polar surface area (TPSA) is 37.6 Å². The molecule has 0 radical (unpaired) electrons. The lowest BCUT2D eigenvalue weighted by Gasteiger charge is -2.22. The van der Waals surface area contributed by atoms with E-state index in [-0.39, 0.29) is 12.1 Å².